The fraction of sp³-hybridized carbons (Fsp3) is 0.944. The first-order valence-electron chi connectivity index (χ1n) is 9.03. The molecule has 0 unspecified atom stereocenters. The van der Waals surface area contributed by atoms with E-state index >= 15 is 0 Å². The van der Waals surface area contributed by atoms with E-state index in [0.29, 0.717) is 6.42 Å². The molecule has 0 aliphatic rings. The molecule has 0 aromatic carbocycles. The van der Waals surface area contributed by atoms with Crippen molar-refractivity contribution < 1.29 is 15.0 Å². The van der Waals surface area contributed by atoms with Crippen LogP contribution in [0.2, 0.25) is 0 Å². The zero-order chi connectivity index (χ0) is 15.8. The summed E-state index contributed by atoms with van der Waals surface area (Å²) >= 11 is 0. The number of rotatable bonds is 16. The second kappa shape index (κ2) is 15.8. The molecular formula is C18H36O3. The van der Waals surface area contributed by atoms with E-state index in [-0.39, 0.29) is 6.10 Å². The van der Waals surface area contributed by atoms with Gasteiger partial charge in [-0.2, -0.15) is 0 Å². The summed E-state index contributed by atoms with van der Waals surface area (Å²) in [7, 11) is 0. The number of carboxylic acids is 1. The lowest BCUT2D eigenvalue weighted by Gasteiger charge is -2.04. The van der Waals surface area contributed by atoms with E-state index in [1.807, 2.05) is 6.92 Å². The van der Waals surface area contributed by atoms with Gasteiger partial charge in [0, 0.05) is 6.42 Å². The highest BCUT2D eigenvalue weighted by molar-refractivity contribution is 5.66. The van der Waals surface area contributed by atoms with Gasteiger partial charge >= 0.3 is 5.97 Å². The Hall–Kier alpha value is -0.570. The second-order valence-electron chi connectivity index (χ2n) is 6.38. The standard InChI is InChI=1S/C18H36O3/c1-17(19)15-13-11-9-7-5-3-2-4-6-8-10-12-14-16-18(20)21/h17,19H,2-16H2,1H3,(H,20,21)/t17-/m1/s1. The molecule has 0 radical (unpaired) electrons. The van der Waals surface area contributed by atoms with Gasteiger partial charge in [-0.15, -0.1) is 0 Å². The van der Waals surface area contributed by atoms with Crippen LogP contribution < -0.4 is 0 Å². The zero-order valence-electron chi connectivity index (χ0n) is 14.0. The highest BCUT2D eigenvalue weighted by Crippen LogP contribution is 2.13. The van der Waals surface area contributed by atoms with E-state index in [9.17, 15) is 4.79 Å². The number of aliphatic hydroxyl groups excluding tert-OH is 1. The number of hydrogen-bond donors (Lipinski definition) is 2. The third-order valence-corrected chi connectivity index (χ3v) is 4.01. The van der Waals surface area contributed by atoms with Crippen LogP contribution in [-0.4, -0.2) is 22.3 Å². The SMILES string of the molecule is C[C@@H](O)CCCCCCCCCCCCCCCC(=O)O. The van der Waals surface area contributed by atoms with Gasteiger partial charge in [-0.25, -0.2) is 0 Å². The molecule has 0 aromatic heterocycles. The topological polar surface area (TPSA) is 57.5 Å². The van der Waals surface area contributed by atoms with Crippen LogP contribution in [0.1, 0.15) is 103 Å². The minimum Gasteiger partial charge on any atom is -0.481 e. The molecule has 0 rings (SSSR count). The average Bonchev–Trinajstić information content (AvgIpc) is 2.42. The number of hydrogen-bond acceptors (Lipinski definition) is 2. The summed E-state index contributed by atoms with van der Waals surface area (Å²) < 4.78 is 0. The minimum atomic E-state index is -0.666. The van der Waals surface area contributed by atoms with Crippen LogP contribution in [0, 0.1) is 0 Å². The molecule has 0 saturated carbocycles. The largest absolute Gasteiger partial charge is 0.481 e. The summed E-state index contributed by atoms with van der Waals surface area (Å²) in [5.74, 6) is -0.666. The van der Waals surface area contributed by atoms with Crippen molar-refractivity contribution in [2.75, 3.05) is 0 Å². The third kappa shape index (κ3) is 19.4. The highest BCUT2D eigenvalue weighted by atomic mass is 16.4. The van der Waals surface area contributed by atoms with Gasteiger partial charge in [-0.3, -0.25) is 4.79 Å². The van der Waals surface area contributed by atoms with E-state index in [1.54, 1.807) is 0 Å². The summed E-state index contributed by atoms with van der Waals surface area (Å²) in [6.45, 7) is 1.87. The van der Waals surface area contributed by atoms with Gasteiger partial charge in [0.15, 0.2) is 0 Å². The second-order valence-corrected chi connectivity index (χ2v) is 6.38. The maximum atomic E-state index is 10.3. The van der Waals surface area contributed by atoms with Crippen molar-refractivity contribution >= 4 is 5.97 Å². The van der Waals surface area contributed by atoms with E-state index in [0.717, 1.165) is 19.3 Å². The predicted octanol–water partition coefficient (Wildman–Crippen LogP) is 5.30. The normalized spacial score (nSPS) is 12.5. The lowest BCUT2D eigenvalue weighted by Crippen LogP contribution is -1.98. The van der Waals surface area contributed by atoms with E-state index in [2.05, 4.69) is 0 Å². The van der Waals surface area contributed by atoms with Gasteiger partial charge in [-0.1, -0.05) is 77.0 Å². The maximum Gasteiger partial charge on any atom is 0.303 e. The molecule has 0 aliphatic heterocycles. The van der Waals surface area contributed by atoms with E-state index in [4.69, 9.17) is 10.2 Å². The van der Waals surface area contributed by atoms with Gasteiger partial charge in [0.2, 0.25) is 0 Å². The van der Waals surface area contributed by atoms with Crippen LogP contribution >= 0.6 is 0 Å². The number of carboxylic acid groups (broad SMARTS) is 1. The number of aliphatic carboxylic acids is 1. The molecule has 21 heavy (non-hydrogen) atoms. The summed E-state index contributed by atoms with van der Waals surface area (Å²) in [6.07, 6.45) is 17.3. The monoisotopic (exact) mass is 300 g/mol. The first-order chi connectivity index (χ1) is 10.1. The van der Waals surface area contributed by atoms with Gasteiger partial charge in [-0.05, 0) is 19.8 Å². The minimum absolute atomic E-state index is 0.130. The van der Waals surface area contributed by atoms with Crippen molar-refractivity contribution in [3.8, 4) is 0 Å². The molecule has 1 atom stereocenters. The van der Waals surface area contributed by atoms with Crippen LogP contribution in [-0.2, 0) is 4.79 Å². The number of carbonyl (C=O) groups is 1. The average molecular weight is 300 g/mol. The van der Waals surface area contributed by atoms with Crippen molar-refractivity contribution in [1.82, 2.24) is 0 Å². The molecule has 0 fully saturated rings. The molecule has 0 aliphatic carbocycles. The number of unbranched alkanes of at least 4 members (excludes halogenated alkanes) is 12. The van der Waals surface area contributed by atoms with Gasteiger partial charge < -0.3 is 10.2 Å². The molecule has 3 nitrogen and oxygen atoms in total. The molecular weight excluding hydrogens is 264 g/mol. The van der Waals surface area contributed by atoms with Gasteiger partial charge in [0.05, 0.1) is 6.10 Å². The summed E-state index contributed by atoms with van der Waals surface area (Å²) in [4.78, 5) is 10.3. The molecule has 0 amide bonds. The van der Waals surface area contributed by atoms with Gasteiger partial charge in [0.1, 0.15) is 0 Å². The van der Waals surface area contributed by atoms with Gasteiger partial charge in [0.25, 0.3) is 0 Å². The Morgan fingerprint density at radius 1 is 0.714 bits per heavy atom. The Morgan fingerprint density at radius 2 is 1.05 bits per heavy atom. The molecule has 3 heteroatoms. The van der Waals surface area contributed by atoms with E-state index in [1.165, 1.54) is 70.6 Å². The Balaban J connectivity index is 2.98. The molecule has 0 spiro atoms. The van der Waals surface area contributed by atoms with Crippen LogP contribution in [0.3, 0.4) is 0 Å². The summed E-state index contributed by atoms with van der Waals surface area (Å²) in [5.41, 5.74) is 0. The predicted molar refractivity (Wildman–Crippen MR) is 88.6 cm³/mol. The van der Waals surface area contributed by atoms with Crippen LogP contribution in [0.15, 0.2) is 0 Å². The zero-order valence-corrected chi connectivity index (χ0v) is 14.0. The lowest BCUT2D eigenvalue weighted by atomic mass is 10.0. The first kappa shape index (κ1) is 20.4. The highest BCUT2D eigenvalue weighted by Gasteiger charge is 1.97. The molecule has 126 valence electrons. The lowest BCUT2D eigenvalue weighted by molar-refractivity contribution is -0.137. The summed E-state index contributed by atoms with van der Waals surface area (Å²) in [6, 6.07) is 0. The Bertz CT molecular complexity index is 227. The molecule has 0 bridgehead atoms. The smallest absolute Gasteiger partial charge is 0.303 e. The fourth-order valence-electron chi connectivity index (χ4n) is 2.66. The molecule has 0 heterocycles. The maximum absolute atomic E-state index is 10.3. The van der Waals surface area contributed by atoms with Crippen molar-refractivity contribution in [3.63, 3.8) is 0 Å². The van der Waals surface area contributed by atoms with Crippen molar-refractivity contribution in [2.24, 2.45) is 0 Å². The molecule has 2 N–H and O–H groups in total. The van der Waals surface area contributed by atoms with E-state index < -0.39 is 5.97 Å². The third-order valence-electron chi connectivity index (χ3n) is 4.01. The van der Waals surface area contributed by atoms with Crippen LogP contribution in [0.5, 0.6) is 0 Å². The summed E-state index contributed by atoms with van der Waals surface area (Å²) in [5, 5.41) is 17.7. The number of aliphatic hydroxyl groups is 1. The molecule has 0 saturated heterocycles. The van der Waals surface area contributed by atoms with Crippen LogP contribution in [0.4, 0.5) is 0 Å². The quantitative estimate of drug-likeness (QED) is 0.380. The Labute approximate surface area is 131 Å². The Kier molecular flexibility index (Phi) is 15.4. The molecule has 0 aromatic rings. The fourth-order valence-corrected chi connectivity index (χ4v) is 2.66. The van der Waals surface area contributed by atoms with Crippen molar-refractivity contribution in [3.05, 3.63) is 0 Å². The van der Waals surface area contributed by atoms with Crippen LogP contribution in [0.25, 0.3) is 0 Å². The Morgan fingerprint density at radius 3 is 1.38 bits per heavy atom. The van der Waals surface area contributed by atoms with Crippen molar-refractivity contribution in [2.45, 2.75) is 109 Å². The first-order valence-corrected chi connectivity index (χ1v) is 9.03. The van der Waals surface area contributed by atoms with Crippen molar-refractivity contribution in [1.29, 1.82) is 0 Å².